The third-order valence-corrected chi connectivity index (χ3v) is 7.81. The molecule has 168 valence electrons. The fourth-order valence-corrected chi connectivity index (χ4v) is 5.82. The number of rotatable bonds is 5. The molecule has 0 radical (unpaired) electrons. The molecule has 32 heavy (non-hydrogen) atoms. The molecule has 0 saturated carbocycles. The molecule has 0 spiro atoms. The Hall–Kier alpha value is -2.26. The van der Waals surface area contributed by atoms with Gasteiger partial charge in [0.15, 0.2) is 9.84 Å². The van der Waals surface area contributed by atoms with Crippen LogP contribution in [0.3, 0.4) is 0 Å². The predicted molar refractivity (Wildman–Crippen MR) is 119 cm³/mol. The summed E-state index contributed by atoms with van der Waals surface area (Å²) in [5.74, 6) is -1.16. The van der Waals surface area contributed by atoms with E-state index in [0.717, 1.165) is 18.2 Å². The van der Waals surface area contributed by atoms with Crippen molar-refractivity contribution in [2.24, 2.45) is 0 Å². The van der Waals surface area contributed by atoms with Crippen LogP contribution in [0.1, 0.15) is 16.4 Å². The lowest BCUT2D eigenvalue weighted by Crippen LogP contribution is -2.36. The van der Waals surface area contributed by atoms with Crippen LogP contribution in [-0.4, -0.2) is 39.7 Å². The highest BCUT2D eigenvalue weighted by molar-refractivity contribution is 7.92. The molecule has 5 nitrogen and oxygen atoms in total. The van der Waals surface area contributed by atoms with Crippen molar-refractivity contribution in [2.45, 2.75) is 10.1 Å². The lowest BCUT2D eigenvalue weighted by atomic mass is 10.0. The molecule has 1 atom stereocenters. The number of benzene rings is 2. The SMILES string of the molecule is O=S(=O)(c1ccc(Cl)cc1)C(c1cc(F)ccc1F)c1cc(N2CCOCC2)ncc1Cl. The van der Waals surface area contributed by atoms with Crippen LogP contribution >= 0.6 is 23.2 Å². The van der Waals surface area contributed by atoms with Gasteiger partial charge in [-0.2, -0.15) is 0 Å². The molecule has 3 aromatic rings. The Morgan fingerprint density at radius 3 is 2.34 bits per heavy atom. The largest absolute Gasteiger partial charge is 0.378 e. The topological polar surface area (TPSA) is 59.5 Å². The van der Waals surface area contributed by atoms with Crippen LogP contribution in [0.25, 0.3) is 0 Å². The first-order valence-electron chi connectivity index (χ1n) is 9.70. The number of nitrogens with zero attached hydrogens (tertiary/aromatic N) is 2. The Labute approximate surface area is 194 Å². The quantitative estimate of drug-likeness (QED) is 0.491. The van der Waals surface area contributed by atoms with E-state index in [4.69, 9.17) is 27.9 Å². The summed E-state index contributed by atoms with van der Waals surface area (Å²) < 4.78 is 61.7. The van der Waals surface area contributed by atoms with E-state index in [1.165, 1.54) is 36.5 Å². The van der Waals surface area contributed by atoms with Gasteiger partial charge in [-0.15, -0.1) is 0 Å². The van der Waals surface area contributed by atoms with E-state index in [1.807, 2.05) is 4.90 Å². The third kappa shape index (κ3) is 4.59. The minimum absolute atomic E-state index is 0.0215. The Balaban J connectivity index is 1.92. The summed E-state index contributed by atoms with van der Waals surface area (Å²) in [4.78, 5) is 6.12. The standard InChI is InChI=1S/C22H18Cl2F2N2O3S/c23-14-1-4-16(5-2-14)32(29,30)22(18-11-15(25)3-6-20(18)26)17-12-21(27-13-19(17)24)28-7-9-31-10-8-28/h1-6,11-13,22H,7-10H2. The lowest BCUT2D eigenvalue weighted by molar-refractivity contribution is 0.122. The molecular formula is C22H18Cl2F2N2O3S. The van der Waals surface area contributed by atoms with E-state index in [1.54, 1.807) is 0 Å². The highest BCUT2D eigenvalue weighted by Crippen LogP contribution is 2.41. The van der Waals surface area contributed by atoms with Crippen LogP contribution in [0.2, 0.25) is 10.0 Å². The maximum Gasteiger partial charge on any atom is 0.189 e. The molecule has 0 bridgehead atoms. The normalized spacial score (nSPS) is 15.6. The monoisotopic (exact) mass is 498 g/mol. The molecule has 1 aromatic heterocycles. The van der Waals surface area contributed by atoms with Gasteiger partial charge >= 0.3 is 0 Å². The summed E-state index contributed by atoms with van der Waals surface area (Å²) in [5.41, 5.74) is -0.247. The second-order valence-electron chi connectivity index (χ2n) is 7.21. The molecule has 0 aliphatic carbocycles. The summed E-state index contributed by atoms with van der Waals surface area (Å²) in [6, 6.07) is 9.68. The Kier molecular flexibility index (Phi) is 6.67. The van der Waals surface area contributed by atoms with Gasteiger partial charge in [0, 0.05) is 29.9 Å². The van der Waals surface area contributed by atoms with Gasteiger partial charge in [-0.3, -0.25) is 0 Å². The molecule has 10 heteroatoms. The summed E-state index contributed by atoms with van der Waals surface area (Å²) in [5, 5.41) is -1.24. The van der Waals surface area contributed by atoms with E-state index < -0.39 is 26.7 Å². The lowest BCUT2D eigenvalue weighted by Gasteiger charge is -2.29. The highest BCUT2D eigenvalue weighted by atomic mass is 35.5. The van der Waals surface area contributed by atoms with Gasteiger partial charge in [-0.1, -0.05) is 23.2 Å². The molecule has 1 aliphatic heterocycles. The van der Waals surface area contributed by atoms with Gasteiger partial charge < -0.3 is 9.64 Å². The summed E-state index contributed by atoms with van der Waals surface area (Å²) >= 11 is 12.3. The summed E-state index contributed by atoms with van der Waals surface area (Å²) in [7, 11) is -4.25. The van der Waals surface area contributed by atoms with Crippen molar-refractivity contribution in [1.29, 1.82) is 0 Å². The maximum atomic E-state index is 14.9. The first-order chi connectivity index (χ1) is 15.3. The van der Waals surface area contributed by atoms with Crippen molar-refractivity contribution in [3.63, 3.8) is 0 Å². The van der Waals surface area contributed by atoms with Crippen LogP contribution in [0.15, 0.2) is 59.6 Å². The zero-order valence-electron chi connectivity index (χ0n) is 16.6. The molecule has 1 saturated heterocycles. The van der Waals surface area contributed by atoms with Crippen LogP contribution in [0, 0.1) is 11.6 Å². The average Bonchev–Trinajstić information content (AvgIpc) is 2.78. The molecule has 0 N–H and O–H groups in total. The Morgan fingerprint density at radius 1 is 0.969 bits per heavy atom. The van der Waals surface area contributed by atoms with E-state index >= 15 is 0 Å². The molecular weight excluding hydrogens is 481 g/mol. The molecule has 4 rings (SSSR count). The molecule has 2 heterocycles. The van der Waals surface area contributed by atoms with Gasteiger partial charge in [-0.25, -0.2) is 22.2 Å². The van der Waals surface area contributed by atoms with Crippen molar-refractivity contribution in [2.75, 3.05) is 31.2 Å². The minimum Gasteiger partial charge on any atom is -0.378 e. The number of morpholine rings is 1. The van der Waals surface area contributed by atoms with Crippen molar-refractivity contribution in [3.8, 4) is 0 Å². The van der Waals surface area contributed by atoms with E-state index in [9.17, 15) is 17.2 Å². The fourth-order valence-electron chi connectivity index (χ4n) is 3.59. The zero-order chi connectivity index (χ0) is 22.9. The van der Waals surface area contributed by atoms with Crippen LogP contribution in [-0.2, 0) is 14.6 Å². The van der Waals surface area contributed by atoms with Crippen LogP contribution < -0.4 is 4.90 Å². The zero-order valence-corrected chi connectivity index (χ0v) is 19.0. The molecule has 0 amide bonds. The number of anilines is 1. The first kappa shape index (κ1) is 22.9. The van der Waals surface area contributed by atoms with Crippen molar-refractivity contribution in [3.05, 3.63) is 87.5 Å². The number of hydrogen-bond acceptors (Lipinski definition) is 5. The molecule has 1 aliphatic rings. The minimum atomic E-state index is -4.25. The maximum absolute atomic E-state index is 14.9. The van der Waals surface area contributed by atoms with Gasteiger partial charge in [0.05, 0.1) is 23.1 Å². The van der Waals surface area contributed by atoms with Crippen LogP contribution in [0.4, 0.5) is 14.6 Å². The summed E-state index contributed by atoms with van der Waals surface area (Å²) in [6.07, 6.45) is 1.32. The average molecular weight is 499 g/mol. The number of halogens is 4. The van der Waals surface area contributed by atoms with E-state index in [2.05, 4.69) is 4.98 Å². The molecule has 2 aromatic carbocycles. The van der Waals surface area contributed by atoms with E-state index in [-0.39, 0.29) is 21.0 Å². The predicted octanol–water partition coefficient (Wildman–Crippen LogP) is 5.07. The second-order valence-corrected chi connectivity index (χ2v) is 10.1. The van der Waals surface area contributed by atoms with Crippen molar-refractivity contribution >= 4 is 38.9 Å². The molecule has 1 fully saturated rings. The smallest absolute Gasteiger partial charge is 0.189 e. The van der Waals surface area contributed by atoms with Crippen molar-refractivity contribution in [1.82, 2.24) is 4.98 Å². The molecule has 1 unspecified atom stereocenters. The van der Waals surface area contributed by atoms with Gasteiger partial charge in [-0.05, 0) is 54.1 Å². The Morgan fingerprint density at radius 2 is 1.66 bits per heavy atom. The highest BCUT2D eigenvalue weighted by Gasteiger charge is 2.35. The fraction of sp³-hybridized carbons (Fsp3) is 0.227. The first-order valence-corrected chi connectivity index (χ1v) is 12.0. The van der Waals surface area contributed by atoms with Crippen molar-refractivity contribution < 1.29 is 21.9 Å². The van der Waals surface area contributed by atoms with Gasteiger partial charge in [0.1, 0.15) is 22.7 Å². The number of pyridine rings is 1. The Bertz CT molecular complexity index is 1230. The second kappa shape index (κ2) is 9.31. The van der Waals surface area contributed by atoms with E-state index in [0.29, 0.717) is 37.1 Å². The van der Waals surface area contributed by atoms with Gasteiger partial charge in [0.25, 0.3) is 0 Å². The number of aromatic nitrogens is 1. The van der Waals surface area contributed by atoms with Crippen LogP contribution in [0.5, 0.6) is 0 Å². The number of ether oxygens (including phenoxy) is 1. The number of sulfone groups is 1. The third-order valence-electron chi connectivity index (χ3n) is 5.18. The van der Waals surface area contributed by atoms with Gasteiger partial charge in [0.2, 0.25) is 0 Å². The number of hydrogen-bond donors (Lipinski definition) is 0. The summed E-state index contributed by atoms with van der Waals surface area (Å²) in [6.45, 7) is 2.09.